The van der Waals surface area contributed by atoms with Crippen LogP contribution in [0.3, 0.4) is 0 Å². The number of aliphatic hydroxyl groups excluding tert-OH is 1. The van der Waals surface area contributed by atoms with E-state index >= 15 is 0 Å². The van der Waals surface area contributed by atoms with E-state index in [2.05, 4.69) is 10.6 Å². The van der Waals surface area contributed by atoms with Crippen LogP contribution >= 0.6 is 0 Å². The van der Waals surface area contributed by atoms with Gasteiger partial charge < -0.3 is 20.5 Å². The van der Waals surface area contributed by atoms with E-state index in [0.29, 0.717) is 13.0 Å². The Morgan fingerprint density at radius 3 is 2.60 bits per heavy atom. The molecule has 2 atom stereocenters. The first-order valence-corrected chi connectivity index (χ1v) is 6.63. The van der Waals surface area contributed by atoms with Gasteiger partial charge in [-0.05, 0) is 33.6 Å². The van der Waals surface area contributed by atoms with Crippen molar-refractivity contribution in [3.05, 3.63) is 0 Å². The molecule has 1 saturated heterocycles. The standard InChI is InChI=1S/C13H22N2O5/c1-13(2,3)20-12(19)15-9(10(17)7-16)6-8-4-5-14-11(8)18/h8-9,16H,4-7H2,1-3H3,(H,14,18)(H,15,19)/t8-,9?/m0/s1. The number of alkyl carbamates (subject to hydrolysis) is 1. The summed E-state index contributed by atoms with van der Waals surface area (Å²) in [5.41, 5.74) is -0.679. The van der Waals surface area contributed by atoms with Crippen LogP contribution in [0.2, 0.25) is 0 Å². The van der Waals surface area contributed by atoms with Crippen LogP contribution in [-0.2, 0) is 14.3 Å². The molecule has 1 aliphatic rings. The molecule has 1 heterocycles. The summed E-state index contributed by atoms with van der Waals surface area (Å²) in [7, 11) is 0. The van der Waals surface area contributed by atoms with Gasteiger partial charge in [-0.25, -0.2) is 4.79 Å². The Balaban J connectivity index is 2.62. The van der Waals surface area contributed by atoms with E-state index < -0.39 is 30.1 Å². The molecule has 0 spiro atoms. The highest BCUT2D eigenvalue weighted by Crippen LogP contribution is 2.17. The van der Waals surface area contributed by atoms with E-state index in [1.165, 1.54) is 0 Å². The summed E-state index contributed by atoms with van der Waals surface area (Å²) in [5.74, 6) is -0.993. The first kappa shape index (κ1) is 16.4. The molecule has 3 N–H and O–H groups in total. The monoisotopic (exact) mass is 286 g/mol. The van der Waals surface area contributed by atoms with Gasteiger partial charge in [0.15, 0.2) is 5.78 Å². The zero-order valence-corrected chi connectivity index (χ0v) is 12.1. The predicted octanol–water partition coefficient (Wildman–Crippen LogP) is -0.0327. The normalized spacial score (nSPS) is 20.2. The van der Waals surface area contributed by atoms with Crippen molar-refractivity contribution in [1.82, 2.24) is 10.6 Å². The fraction of sp³-hybridized carbons (Fsp3) is 0.769. The number of Topliss-reactive ketones (excluding diaryl/α,β-unsaturated/α-hetero) is 1. The van der Waals surface area contributed by atoms with Crippen LogP contribution in [-0.4, -0.2) is 47.7 Å². The second-order valence-electron chi connectivity index (χ2n) is 5.84. The summed E-state index contributed by atoms with van der Waals surface area (Å²) < 4.78 is 5.07. The molecular weight excluding hydrogens is 264 g/mol. The quantitative estimate of drug-likeness (QED) is 0.658. The van der Waals surface area contributed by atoms with Crippen LogP contribution in [0.25, 0.3) is 0 Å². The van der Waals surface area contributed by atoms with E-state index in [9.17, 15) is 14.4 Å². The lowest BCUT2D eigenvalue weighted by atomic mass is 9.96. The maximum atomic E-state index is 11.7. The number of aliphatic hydroxyl groups is 1. The van der Waals surface area contributed by atoms with Crippen LogP contribution < -0.4 is 10.6 Å². The highest BCUT2D eigenvalue weighted by Gasteiger charge is 2.31. The molecule has 1 fully saturated rings. The van der Waals surface area contributed by atoms with Crippen molar-refractivity contribution < 1.29 is 24.2 Å². The lowest BCUT2D eigenvalue weighted by molar-refractivity contribution is -0.125. The number of hydrogen-bond acceptors (Lipinski definition) is 5. The van der Waals surface area contributed by atoms with Gasteiger partial charge in [-0.15, -0.1) is 0 Å². The van der Waals surface area contributed by atoms with E-state index in [1.54, 1.807) is 20.8 Å². The molecule has 20 heavy (non-hydrogen) atoms. The van der Waals surface area contributed by atoms with Crippen molar-refractivity contribution in [2.24, 2.45) is 5.92 Å². The zero-order valence-electron chi connectivity index (χ0n) is 12.1. The number of ether oxygens (including phenoxy) is 1. The lowest BCUT2D eigenvalue weighted by Gasteiger charge is -2.23. The van der Waals surface area contributed by atoms with Crippen LogP contribution in [0.4, 0.5) is 4.79 Å². The summed E-state index contributed by atoms with van der Waals surface area (Å²) in [5, 5.41) is 14.0. The van der Waals surface area contributed by atoms with Crippen molar-refractivity contribution in [3.63, 3.8) is 0 Å². The Morgan fingerprint density at radius 1 is 1.50 bits per heavy atom. The number of ketones is 1. The van der Waals surface area contributed by atoms with E-state index in [-0.39, 0.29) is 18.2 Å². The average Bonchev–Trinajstić information content (AvgIpc) is 2.70. The Morgan fingerprint density at radius 2 is 2.15 bits per heavy atom. The molecule has 1 aliphatic heterocycles. The highest BCUT2D eigenvalue weighted by atomic mass is 16.6. The smallest absolute Gasteiger partial charge is 0.408 e. The molecule has 0 aromatic carbocycles. The molecule has 7 heteroatoms. The van der Waals surface area contributed by atoms with Crippen molar-refractivity contribution in [3.8, 4) is 0 Å². The van der Waals surface area contributed by atoms with E-state index in [4.69, 9.17) is 9.84 Å². The second kappa shape index (κ2) is 6.69. The molecule has 0 bridgehead atoms. The lowest BCUT2D eigenvalue weighted by Crippen LogP contribution is -2.46. The highest BCUT2D eigenvalue weighted by molar-refractivity contribution is 5.89. The summed E-state index contributed by atoms with van der Waals surface area (Å²) in [6.45, 7) is 5.00. The number of amides is 2. The topological polar surface area (TPSA) is 105 Å². The van der Waals surface area contributed by atoms with Gasteiger partial charge in [-0.2, -0.15) is 0 Å². The minimum Gasteiger partial charge on any atom is -0.444 e. The Bertz CT molecular complexity index is 389. The van der Waals surface area contributed by atoms with Gasteiger partial charge in [0.2, 0.25) is 5.91 Å². The Labute approximate surface area is 118 Å². The van der Waals surface area contributed by atoms with Crippen molar-refractivity contribution in [2.45, 2.75) is 45.3 Å². The third-order valence-electron chi connectivity index (χ3n) is 2.92. The first-order valence-electron chi connectivity index (χ1n) is 6.63. The Kier molecular flexibility index (Phi) is 5.50. The van der Waals surface area contributed by atoms with E-state index in [0.717, 1.165) is 0 Å². The number of hydrogen-bond donors (Lipinski definition) is 3. The van der Waals surface area contributed by atoms with Crippen molar-refractivity contribution >= 4 is 17.8 Å². The fourth-order valence-electron chi connectivity index (χ4n) is 1.99. The summed E-state index contributed by atoms with van der Waals surface area (Å²) in [6.07, 6.45) is 0.0526. The summed E-state index contributed by atoms with van der Waals surface area (Å²) >= 11 is 0. The molecule has 0 saturated carbocycles. The molecule has 1 unspecified atom stereocenters. The minimum atomic E-state index is -0.913. The van der Waals surface area contributed by atoms with Crippen LogP contribution in [0.15, 0.2) is 0 Å². The summed E-state index contributed by atoms with van der Waals surface area (Å²) in [4.78, 5) is 34.8. The largest absolute Gasteiger partial charge is 0.444 e. The molecule has 2 amide bonds. The van der Waals surface area contributed by atoms with Crippen LogP contribution in [0.5, 0.6) is 0 Å². The van der Waals surface area contributed by atoms with Crippen molar-refractivity contribution in [2.75, 3.05) is 13.2 Å². The molecule has 7 nitrogen and oxygen atoms in total. The van der Waals surface area contributed by atoms with Gasteiger partial charge in [0.25, 0.3) is 0 Å². The van der Waals surface area contributed by atoms with Gasteiger partial charge in [-0.1, -0.05) is 0 Å². The third-order valence-corrected chi connectivity index (χ3v) is 2.92. The number of nitrogens with one attached hydrogen (secondary N) is 2. The van der Waals surface area contributed by atoms with Crippen molar-refractivity contribution in [1.29, 1.82) is 0 Å². The maximum Gasteiger partial charge on any atom is 0.408 e. The number of carbonyl (C=O) groups excluding carboxylic acids is 3. The van der Waals surface area contributed by atoms with Gasteiger partial charge in [-0.3, -0.25) is 9.59 Å². The molecule has 0 aromatic rings. The van der Waals surface area contributed by atoms with Gasteiger partial charge in [0.05, 0.1) is 6.04 Å². The van der Waals surface area contributed by atoms with Crippen LogP contribution in [0, 0.1) is 5.92 Å². The fourth-order valence-corrected chi connectivity index (χ4v) is 1.99. The second-order valence-corrected chi connectivity index (χ2v) is 5.84. The molecule has 0 aromatic heterocycles. The number of carbonyl (C=O) groups is 3. The van der Waals surface area contributed by atoms with E-state index in [1.807, 2.05) is 0 Å². The Hall–Kier alpha value is -1.63. The van der Waals surface area contributed by atoms with Gasteiger partial charge in [0.1, 0.15) is 12.2 Å². The molecular formula is C13H22N2O5. The maximum absolute atomic E-state index is 11.7. The van der Waals surface area contributed by atoms with Gasteiger partial charge >= 0.3 is 6.09 Å². The molecule has 0 radical (unpaired) electrons. The number of rotatable bonds is 5. The molecule has 114 valence electrons. The summed E-state index contributed by atoms with van der Waals surface area (Å²) in [6, 6.07) is -0.913. The minimum absolute atomic E-state index is 0.133. The average molecular weight is 286 g/mol. The SMILES string of the molecule is CC(C)(C)OC(=O)NC(C[C@@H]1CCNC1=O)C(=O)CO. The molecule has 1 rings (SSSR count). The zero-order chi connectivity index (χ0) is 15.3. The van der Waals surface area contributed by atoms with Gasteiger partial charge in [0, 0.05) is 12.5 Å². The van der Waals surface area contributed by atoms with Crippen LogP contribution in [0.1, 0.15) is 33.6 Å². The predicted molar refractivity (Wildman–Crippen MR) is 71.0 cm³/mol. The molecule has 0 aliphatic carbocycles. The third kappa shape index (κ3) is 5.16. The first-order chi connectivity index (χ1) is 9.23.